The SMILES string of the molecule is Brc1ccccc1OCC1NCCc2ccccc21. The van der Waals surface area contributed by atoms with Crippen molar-refractivity contribution in [1.29, 1.82) is 0 Å². The molecule has 2 nitrogen and oxygen atoms in total. The Labute approximate surface area is 121 Å². The van der Waals surface area contributed by atoms with Crippen LogP contribution in [0.25, 0.3) is 0 Å². The molecule has 98 valence electrons. The highest BCUT2D eigenvalue weighted by Crippen LogP contribution is 2.27. The minimum absolute atomic E-state index is 0.275. The first-order chi connectivity index (χ1) is 9.34. The number of ether oxygens (including phenoxy) is 1. The van der Waals surface area contributed by atoms with Crippen LogP contribution in [0.1, 0.15) is 17.2 Å². The van der Waals surface area contributed by atoms with Gasteiger partial charge in [0.05, 0.1) is 10.5 Å². The number of rotatable bonds is 3. The molecule has 1 unspecified atom stereocenters. The van der Waals surface area contributed by atoms with Gasteiger partial charge in [-0.25, -0.2) is 0 Å². The maximum Gasteiger partial charge on any atom is 0.133 e. The molecule has 0 saturated carbocycles. The summed E-state index contributed by atoms with van der Waals surface area (Å²) >= 11 is 3.51. The van der Waals surface area contributed by atoms with Crippen molar-refractivity contribution in [1.82, 2.24) is 5.32 Å². The van der Waals surface area contributed by atoms with E-state index in [1.807, 2.05) is 24.3 Å². The highest BCUT2D eigenvalue weighted by Gasteiger charge is 2.19. The van der Waals surface area contributed by atoms with E-state index in [0.717, 1.165) is 23.2 Å². The monoisotopic (exact) mass is 317 g/mol. The van der Waals surface area contributed by atoms with E-state index in [4.69, 9.17) is 4.74 Å². The Bertz CT molecular complexity index is 570. The summed E-state index contributed by atoms with van der Waals surface area (Å²) in [7, 11) is 0. The molecule has 19 heavy (non-hydrogen) atoms. The lowest BCUT2D eigenvalue weighted by Crippen LogP contribution is -2.33. The van der Waals surface area contributed by atoms with Crippen molar-refractivity contribution >= 4 is 15.9 Å². The van der Waals surface area contributed by atoms with Crippen molar-refractivity contribution in [2.45, 2.75) is 12.5 Å². The Morgan fingerprint density at radius 3 is 2.79 bits per heavy atom. The summed E-state index contributed by atoms with van der Waals surface area (Å²) in [6.45, 7) is 1.67. The third-order valence-corrected chi connectivity index (χ3v) is 4.11. The summed E-state index contributed by atoms with van der Waals surface area (Å²) in [5.41, 5.74) is 2.79. The predicted octanol–water partition coefficient (Wildman–Crippen LogP) is 3.71. The Balaban J connectivity index is 1.73. The first-order valence-electron chi connectivity index (χ1n) is 6.53. The molecule has 1 atom stereocenters. The lowest BCUT2D eigenvalue weighted by Gasteiger charge is -2.27. The minimum atomic E-state index is 0.275. The first-order valence-corrected chi connectivity index (χ1v) is 7.32. The predicted molar refractivity (Wildman–Crippen MR) is 80.5 cm³/mol. The molecule has 0 aromatic heterocycles. The third-order valence-electron chi connectivity index (χ3n) is 3.46. The lowest BCUT2D eigenvalue weighted by atomic mass is 9.95. The van der Waals surface area contributed by atoms with E-state index in [9.17, 15) is 0 Å². The summed E-state index contributed by atoms with van der Waals surface area (Å²) in [6, 6.07) is 16.8. The molecule has 0 saturated heterocycles. The maximum atomic E-state index is 5.92. The van der Waals surface area contributed by atoms with Gasteiger partial charge in [-0.05, 0) is 52.2 Å². The van der Waals surface area contributed by atoms with Gasteiger partial charge in [-0.2, -0.15) is 0 Å². The largest absolute Gasteiger partial charge is 0.490 e. The zero-order valence-corrected chi connectivity index (χ0v) is 12.2. The van der Waals surface area contributed by atoms with Crippen LogP contribution in [0.2, 0.25) is 0 Å². The molecule has 0 aliphatic carbocycles. The summed E-state index contributed by atoms with van der Waals surface area (Å²) < 4.78 is 6.92. The first kappa shape index (κ1) is 12.7. The smallest absolute Gasteiger partial charge is 0.133 e. The lowest BCUT2D eigenvalue weighted by molar-refractivity contribution is 0.260. The molecule has 2 aromatic rings. The van der Waals surface area contributed by atoms with Gasteiger partial charge in [0.25, 0.3) is 0 Å². The molecule has 1 N–H and O–H groups in total. The normalized spacial score (nSPS) is 17.8. The van der Waals surface area contributed by atoms with E-state index in [2.05, 4.69) is 45.5 Å². The number of para-hydroxylation sites is 1. The summed E-state index contributed by atoms with van der Waals surface area (Å²) in [5.74, 6) is 0.896. The zero-order chi connectivity index (χ0) is 13.1. The van der Waals surface area contributed by atoms with Crippen LogP contribution in [-0.2, 0) is 6.42 Å². The van der Waals surface area contributed by atoms with E-state index in [-0.39, 0.29) is 6.04 Å². The molecule has 1 heterocycles. The van der Waals surface area contributed by atoms with Gasteiger partial charge in [0, 0.05) is 0 Å². The highest BCUT2D eigenvalue weighted by molar-refractivity contribution is 9.10. The van der Waals surface area contributed by atoms with Crippen LogP contribution in [0.4, 0.5) is 0 Å². The van der Waals surface area contributed by atoms with Crippen molar-refractivity contribution in [3.63, 3.8) is 0 Å². The van der Waals surface area contributed by atoms with Gasteiger partial charge in [0.2, 0.25) is 0 Å². The quantitative estimate of drug-likeness (QED) is 0.931. The molecule has 3 heteroatoms. The summed E-state index contributed by atoms with van der Waals surface area (Å²) in [6.07, 6.45) is 1.10. The molecule has 0 fully saturated rings. The number of fused-ring (bicyclic) bond motifs is 1. The van der Waals surface area contributed by atoms with Gasteiger partial charge < -0.3 is 10.1 Å². The van der Waals surface area contributed by atoms with Crippen LogP contribution in [0.15, 0.2) is 53.0 Å². The highest BCUT2D eigenvalue weighted by atomic mass is 79.9. The van der Waals surface area contributed by atoms with E-state index in [1.165, 1.54) is 11.1 Å². The van der Waals surface area contributed by atoms with E-state index < -0.39 is 0 Å². The average molecular weight is 318 g/mol. The molecule has 0 bridgehead atoms. The van der Waals surface area contributed by atoms with Crippen molar-refractivity contribution in [2.24, 2.45) is 0 Å². The van der Waals surface area contributed by atoms with Gasteiger partial charge in [-0.3, -0.25) is 0 Å². The van der Waals surface area contributed by atoms with Gasteiger partial charge >= 0.3 is 0 Å². The fourth-order valence-corrected chi connectivity index (χ4v) is 2.88. The Morgan fingerprint density at radius 1 is 1.11 bits per heavy atom. The fraction of sp³-hybridized carbons (Fsp3) is 0.250. The number of nitrogens with one attached hydrogen (secondary N) is 1. The topological polar surface area (TPSA) is 21.3 Å². The maximum absolute atomic E-state index is 5.92. The molecule has 0 radical (unpaired) electrons. The summed E-state index contributed by atoms with van der Waals surface area (Å²) in [4.78, 5) is 0. The molecule has 0 amide bonds. The van der Waals surface area contributed by atoms with Crippen LogP contribution in [0, 0.1) is 0 Å². The van der Waals surface area contributed by atoms with E-state index in [0.29, 0.717) is 6.61 Å². The second-order valence-electron chi connectivity index (χ2n) is 4.70. The third kappa shape index (κ3) is 2.82. The van der Waals surface area contributed by atoms with Gasteiger partial charge in [0.1, 0.15) is 12.4 Å². The molecule has 2 aromatic carbocycles. The van der Waals surface area contributed by atoms with Crippen molar-refractivity contribution in [3.8, 4) is 5.75 Å². The van der Waals surface area contributed by atoms with Crippen LogP contribution in [-0.4, -0.2) is 13.2 Å². The van der Waals surface area contributed by atoms with Crippen LogP contribution in [0.3, 0.4) is 0 Å². The fourth-order valence-electron chi connectivity index (χ4n) is 2.48. The van der Waals surface area contributed by atoms with Crippen LogP contribution in [0.5, 0.6) is 5.75 Å². The van der Waals surface area contributed by atoms with E-state index >= 15 is 0 Å². The average Bonchev–Trinajstić information content (AvgIpc) is 2.46. The van der Waals surface area contributed by atoms with Gasteiger partial charge in [0.15, 0.2) is 0 Å². The van der Waals surface area contributed by atoms with Crippen LogP contribution >= 0.6 is 15.9 Å². The number of hydrogen-bond donors (Lipinski definition) is 1. The standard InChI is InChI=1S/C16H16BrNO/c17-14-7-3-4-8-16(14)19-11-15-13-6-2-1-5-12(13)9-10-18-15/h1-8,15,18H,9-11H2. The number of benzene rings is 2. The Kier molecular flexibility index (Phi) is 3.85. The number of hydrogen-bond acceptors (Lipinski definition) is 2. The van der Waals surface area contributed by atoms with Crippen LogP contribution < -0.4 is 10.1 Å². The molecule has 3 rings (SSSR count). The van der Waals surface area contributed by atoms with Gasteiger partial charge in [-0.15, -0.1) is 0 Å². The molecular formula is C16H16BrNO. The zero-order valence-electron chi connectivity index (χ0n) is 10.6. The molecular weight excluding hydrogens is 302 g/mol. The summed E-state index contributed by atoms with van der Waals surface area (Å²) in [5, 5.41) is 3.52. The van der Waals surface area contributed by atoms with Gasteiger partial charge in [-0.1, -0.05) is 36.4 Å². The van der Waals surface area contributed by atoms with Crippen molar-refractivity contribution in [3.05, 3.63) is 64.1 Å². The second-order valence-corrected chi connectivity index (χ2v) is 5.55. The Hall–Kier alpha value is -1.32. The Morgan fingerprint density at radius 2 is 1.89 bits per heavy atom. The molecule has 0 spiro atoms. The van der Waals surface area contributed by atoms with Crippen molar-refractivity contribution < 1.29 is 4.74 Å². The number of halogens is 1. The molecule has 1 aliphatic rings. The second kappa shape index (κ2) is 5.76. The van der Waals surface area contributed by atoms with Crippen molar-refractivity contribution in [2.75, 3.05) is 13.2 Å². The minimum Gasteiger partial charge on any atom is -0.490 e. The van der Waals surface area contributed by atoms with E-state index in [1.54, 1.807) is 0 Å². The molecule has 1 aliphatic heterocycles.